The van der Waals surface area contributed by atoms with Crippen LogP contribution in [0.15, 0.2) is 0 Å². The molecule has 3 heteroatoms. The molecule has 9 heavy (non-hydrogen) atoms. The Morgan fingerprint density at radius 3 is 2.67 bits per heavy atom. The smallest absolute Gasteiger partial charge is 0.333 e. The summed E-state index contributed by atoms with van der Waals surface area (Å²) in [5.41, 5.74) is 0. The summed E-state index contributed by atoms with van der Waals surface area (Å²) in [4.78, 5) is 10.3. The van der Waals surface area contributed by atoms with Crippen molar-refractivity contribution < 1.29 is 14.6 Å². The SMILES string of the molecule is O=C(O)C1OC[C@H]2C[C@@H]12. The lowest BCUT2D eigenvalue weighted by molar-refractivity contribution is -0.149. The van der Waals surface area contributed by atoms with E-state index < -0.39 is 12.1 Å². The first kappa shape index (κ1) is 5.23. The number of carbonyl (C=O) groups is 1. The molecule has 1 saturated carbocycles. The third kappa shape index (κ3) is 0.645. The Kier molecular flexibility index (Phi) is 0.858. The Morgan fingerprint density at radius 2 is 2.44 bits per heavy atom. The maximum atomic E-state index is 10.3. The van der Waals surface area contributed by atoms with Crippen LogP contribution in [0.4, 0.5) is 0 Å². The number of ether oxygens (including phenoxy) is 1. The third-order valence-electron chi connectivity index (χ3n) is 2.10. The molecule has 0 aromatic heterocycles. The van der Waals surface area contributed by atoms with Gasteiger partial charge >= 0.3 is 5.97 Å². The van der Waals surface area contributed by atoms with Gasteiger partial charge in [0.25, 0.3) is 0 Å². The van der Waals surface area contributed by atoms with Crippen LogP contribution in [0.1, 0.15) is 6.42 Å². The molecule has 1 unspecified atom stereocenters. The van der Waals surface area contributed by atoms with Gasteiger partial charge in [0.05, 0.1) is 6.61 Å². The van der Waals surface area contributed by atoms with Crippen molar-refractivity contribution in [2.45, 2.75) is 12.5 Å². The van der Waals surface area contributed by atoms with E-state index in [1.54, 1.807) is 0 Å². The summed E-state index contributed by atoms with van der Waals surface area (Å²) in [7, 11) is 0. The molecule has 1 heterocycles. The van der Waals surface area contributed by atoms with Gasteiger partial charge in [-0.15, -0.1) is 0 Å². The van der Waals surface area contributed by atoms with Crippen molar-refractivity contribution in [3.63, 3.8) is 0 Å². The van der Waals surface area contributed by atoms with E-state index in [1.807, 2.05) is 0 Å². The van der Waals surface area contributed by atoms with Gasteiger partial charge in [0, 0.05) is 5.92 Å². The molecule has 50 valence electrons. The zero-order valence-electron chi connectivity index (χ0n) is 4.91. The summed E-state index contributed by atoms with van der Waals surface area (Å²) < 4.78 is 4.98. The second-order valence-corrected chi connectivity index (χ2v) is 2.75. The van der Waals surface area contributed by atoms with Crippen molar-refractivity contribution in [3.8, 4) is 0 Å². The second kappa shape index (κ2) is 1.48. The van der Waals surface area contributed by atoms with Crippen molar-refractivity contribution >= 4 is 5.97 Å². The fourth-order valence-corrected chi connectivity index (χ4v) is 1.44. The van der Waals surface area contributed by atoms with Gasteiger partial charge in [0.15, 0.2) is 6.10 Å². The number of fused-ring (bicyclic) bond motifs is 1. The Morgan fingerprint density at radius 1 is 1.67 bits per heavy atom. The highest BCUT2D eigenvalue weighted by Gasteiger charge is 2.52. The number of aliphatic carboxylic acids is 1. The summed E-state index contributed by atoms with van der Waals surface area (Å²) in [6.07, 6.45) is 0.590. The van der Waals surface area contributed by atoms with E-state index in [0.717, 1.165) is 6.42 Å². The average Bonchev–Trinajstić information content (AvgIpc) is 2.43. The lowest BCUT2D eigenvalue weighted by Gasteiger charge is -2.03. The van der Waals surface area contributed by atoms with Gasteiger partial charge in [0.2, 0.25) is 0 Å². The second-order valence-electron chi connectivity index (χ2n) is 2.75. The van der Waals surface area contributed by atoms with Crippen LogP contribution in [-0.4, -0.2) is 23.8 Å². The van der Waals surface area contributed by atoms with Gasteiger partial charge in [-0.25, -0.2) is 4.79 Å². The van der Waals surface area contributed by atoms with Crippen molar-refractivity contribution in [3.05, 3.63) is 0 Å². The van der Waals surface area contributed by atoms with Gasteiger partial charge in [-0.2, -0.15) is 0 Å². The summed E-state index contributed by atoms with van der Waals surface area (Å²) in [5, 5.41) is 8.49. The van der Waals surface area contributed by atoms with Crippen LogP contribution < -0.4 is 0 Å². The Labute approximate surface area is 52.6 Å². The summed E-state index contributed by atoms with van der Waals surface area (Å²) in [6, 6.07) is 0. The zero-order chi connectivity index (χ0) is 6.43. The topological polar surface area (TPSA) is 46.5 Å². The highest BCUT2D eigenvalue weighted by atomic mass is 16.5. The summed E-state index contributed by atoms with van der Waals surface area (Å²) >= 11 is 0. The van der Waals surface area contributed by atoms with Gasteiger partial charge in [-0.3, -0.25) is 0 Å². The predicted octanol–water partition coefficient (Wildman–Crippen LogP) is 0.106. The Hall–Kier alpha value is -0.570. The number of rotatable bonds is 1. The van der Waals surface area contributed by atoms with Gasteiger partial charge < -0.3 is 9.84 Å². The van der Waals surface area contributed by atoms with Gasteiger partial charge in [-0.05, 0) is 12.3 Å². The standard InChI is InChI=1S/C6H8O3/c7-6(8)5-4-1-3(4)2-9-5/h3-5H,1-2H2,(H,7,8)/t3-,4-,5?/m1/s1. The first-order chi connectivity index (χ1) is 4.29. The molecule has 0 radical (unpaired) electrons. The van der Waals surface area contributed by atoms with Crippen LogP contribution in [-0.2, 0) is 9.53 Å². The molecule has 0 amide bonds. The first-order valence-corrected chi connectivity index (χ1v) is 3.13. The van der Waals surface area contributed by atoms with Crippen LogP contribution >= 0.6 is 0 Å². The molecule has 1 aliphatic heterocycles. The van der Waals surface area contributed by atoms with E-state index in [4.69, 9.17) is 9.84 Å². The fourth-order valence-electron chi connectivity index (χ4n) is 1.44. The van der Waals surface area contributed by atoms with E-state index in [1.165, 1.54) is 0 Å². The van der Waals surface area contributed by atoms with Crippen molar-refractivity contribution in [2.24, 2.45) is 11.8 Å². The Bertz CT molecular complexity index is 154. The molecular weight excluding hydrogens is 120 g/mol. The number of carboxylic acids is 1. The van der Waals surface area contributed by atoms with E-state index in [9.17, 15) is 4.79 Å². The highest BCUT2D eigenvalue weighted by Crippen LogP contribution is 2.47. The van der Waals surface area contributed by atoms with Gasteiger partial charge in [0.1, 0.15) is 0 Å². The summed E-state index contributed by atoms with van der Waals surface area (Å²) in [5.74, 6) is 0.133. The van der Waals surface area contributed by atoms with E-state index >= 15 is 0 Å². The molecule has 2 rings (SSSR count). The number of carboxylic acid groups (broad SMARTS) is 1. The maximum Gasteiger partial charge on any atom is 0.333 e. The molecule has 0 spiro atoms. The lowest BCUT2D eigenvalue weighted by atomic mass is 10.2. The van der Waals surface area contributed by atoms with Crippen LogP contribution in [0.25, 0.3) is 0 Å². The molecule has 2 aliphatic rings. The van der Waals surface area contributed by atoms with E-state index in [2.05, 4.69) is 0 Å². The largest absolute Gasteiger partial charge is 0.479 e. The predicted molar refractivity (Wildman–Crippen MR) is 29.0 cm³/mol. The summed E-state index contributed by atoms with van der Waals surface area (Å²) in [6.45, 7) is 0.668. The molecular formula is C6H8O3. The van der Waals surface area contributed by atoms with E-state index in [0.29, 0.717) is 18.4 Å². The average molecular weight is 128 g/mol. The molecule has 3 nitrogen and oxygen atoms in total. The van der Waals surface area contributed by atoms with Crippen LogP contribution in [0.5, 0.6) is 0 Å². The molecule has 2 fully saturated rings. The molecule has 1 N–H and O–H groups in total. The van der Waals surface area contributed by atoms with Crippen molar-refractivity contribution in [1.82, 2.24) is 0 Å². The van der Waals surface area contributed by atoms with Crippen molar-refractivity contribution in [2.75, 3.05) is 6.61 Å². The van der Waals surface area contributed by atoms with Crippen molar-refractivity contribution in [1.29, 1.82) is 0 Å². The Balaban J connectivity index is 2.06. The quantitative estimate of drug-likeness (QED) is 0.545. The molecule has 1 saturated heterocycles. The number of hydrogen-bond acceptors (Lipinski definition) is 2. The minimum atomic E-state index is -0.792. The minimum absolute atomic E-state index is 0.350. The molecule has 0 bridgehead atoms. The number of hydrogen-bond donors (Lipinski definition) is 1. The molecule has 1 aliphatic carbocycles. The maximum absolute atomic E-state index is 10.3. The van der Waals surface area contributed by atoms with Crippen LogP contribution in [0.3, 0.4) is 0 Å². The molecule has 3 atom stereocenters. The van der Waals surface area contributed by atoms with Crippen LogP contribution in [0.2, 0.25) is 0 Å². The van der Waals surface area contributed by atoms with Gasteiger partial charge in [-0.1, -0.05) is 0 Å². The zero-order valence-corrected chi connectivity index (χ0v) is 4.91. The fraction of sp³-hybridized carbons (Fsp3) is 0.833. The minimum Gasteiger partial charge on any atom is -0.479 e. The highest BCUT2D eigenvalue weighted by molar-refractivity contribution is 5.73. The molecule has 0 aromatic carbocycles. The first-order valence-electron chi connectivity index (χ1n) is 3.13. The monoisotopic (exact) mass is 128 g/mol. The lowest BCUT2D eigenvalue weighted by Crippen LogP contribution is -2.22. The normalized spacial score (nSPS) is 46.4. The third-order valence-corrected chi connectivity index (χ3v) is 2.10. The molecule has 0 aromatic rings. The van der Waals surface area contributed by atoms with E-state index in [-0.39, 0.29) is 0 Å². The van der Waals surface area contributed by atoms with Crippen LogP contribution in [0, 0.1) is 11.8 Å².